The van der Waals surface area contributed by atoms with Crippen LogP contribution in [-0.2, 0) is 13.1 Å². The van der Waals surface area contributed by atoms with E-state index in [9.17, 15) is 0 Å². The third-order valence-corrected chi connectivity index (χ3v) is 3.09. The van der Waals surface area contributed by atoms with Crippen LogP contribution in [0.2, 0.25) is 5.02 Å². The first kappa shape index (κ1) is 12.9. The molecule has 1 heterocycles. The molecule has 0 aliphatic rings. The summed E-state index contributed by atoms with van der Waals surface area (Å²) in [7, 11) is 0. The Kier molecular flexibility index (Phi) is 4.23. The standard InChI is InChI=1S/C13H16ClN3O/c1-10-2-3-12(6-13(10)14)15-7-11-8-16-17(9-11)4-5-18/h2-3,6,8-9,15,18H,4-5,7H2,1H3. The number of aromatic nitrogens is 2. The zero-order valence-electron chi connectivity index (χ0n) is 10.2. The maximum absolute atomic E-state index is 8.80. The van der Waals surface area contributed by atoms with E-state index in [0.29, 0.717) is 13.1 Å². The number of hydrogen-bond donors (Lipinski definition) is 2. The lowest BCUT2D eigenvalue weighted by Crippen LogP contribution is -2.02. The number of benzene rings is 1. The summed E-state index contributed by atoms with van der Waals surface area (Å²) in [6.07, 6.45) is 3.71. The van der Waals surface area contributed by atoms with Crippen molar-refractivity contribution in [1.29, 1.82) is 0 Å². The summed E-state index contributed by atoms with van der Waals surface area (Å²) >= 11 is 6.06. The molecule has 0 saturated heterocycles. The molecule has 4 nitrogen and oxygen atoms in total. The van der Waals surface area contributed by atoms with E-state index in [2.05, 4.69) is 10.4 Å². The Morgan fingerprint density at radius 1 is 1.44 bits per heavy atom. The Hall–Kier alpha value is -1.52. The molecule has 2 aromatic rings. The molecule has 0 atom stereocenters. The lowest BCUT2D eigenvalue weighted by molar-refractivity contribution is 0.269. The highest BCUT2D eigenvalue weighted by Gasteiger charge is 2.00. The molecule has 0 aliphatic heterocycles. The summed E-state index contributed by atoms with van der Waals surface area (Å²) in [5, 5.41) is 17.0. The van der Waals surface area contributed by atoms with E-state index in [4.69, 9.17) is 16.7 Å². The van der Waals surface area contributed by atoms with Gasteiger partial charge in [0.05, 0.1) is 19.3 Å². The topological polar surface area (TPSA) is 50.1 Å². The lowest BCUT2D eigenvalue weighted by atomic mass is 10.2. The third kappa shape index (κ3) is 3.24. The smallest absolute Gasteiger partial charge is 0.0640 e. The Bertz CT molecular complexity index is 525. The minimum Gasteiger partial charge on any atom is -0.394 e. The summed E-state index contributed by atoms with van der Waals surface area (Å²) < 4.78 is 1.72. The Morgan fingerprint density at radius 2 is 2.28 bits per heavy atom. The molecule has 96 valence electrons. The number of aryl methyl sites for hydroxylation is 1. The van der Waals surface area contributed by atoms with Crippen molar-refractivity contribution in [3.05, 3.63) is 46.7 Å². The number of halogens is 1. The Balaban J connectivity index is 1.95. The van der Waals surface area contributed by atoms with E-state index in [-0.39, 0.29) is 6.61 Å². The maximum Gasteiger partial charge on any atom is 0.0640 e. The Labute approximate surface area is 111 Å². The van der Waals surface area contributed by atoms with Crippen molar-refractivity contribution in [2.75, 3.05) is 11.9 Å². The molecule has 0 saturated carbocycles. The van der Waals surface area contributed by atoms with Gasteiger partial charge < -0.3 is 10.4 Å². The van der Waals surface area contributed by atoms with Crippen LogP contribution in [0.25, 0.3) is 0 Å². The monoisotopic (exact) mass is 265 g/mol. The molecule has 0 unspecified atom stereocenters. The molecule has 1 aromatic carbocycles. The van der Waals surface area contributed by atoms with Gasteiger partial charge in [-0.3, -0.25) is 4.68 Å². The molecule has 2 N–H and O–H groups in total. The molecular weight excluding hydrogens is 250 g/mol. The molecule has 0 amide bonds. The molecule has 2 rings (SSSR count). The summed E-state index contributed by atoms with van der Waals surface area (Å²) in [5.74, 6) is 0. The van der Waals surface area contributed by atoms with Crippen LogP contribution in [0.3, 0.4) is 0 Å². The molecule has 0 bridgehead atoms. The van der Waals surface area contributed by atoms with Gasteiger partial charge in [0.15, 0.2) is 0 Å². The van der Waals surface area contributed by atoms with Gasteiger partial charge in [-0.05, 0) is 24.6 Å². The number of anilines is 1. The van der Waals surface area contributed by atoms with E-state index in [1.165, 1.54) is 0 Å². The van der Waals surface area contributed by atoms with Crippen molar-refractivity contribution in [3.63, 3.8) is 0 Å². The van der Waals surface area contributed by atoms with E-state index >= 15 is 0 Å². The second kappa shape index (κ2) is 5.89. The number of nitrogens with one attached hydrogen (secondary N) is 1. The molecule has 18 heavy (non-hydrogen) atoms. The molecule has 0 radical (unpaired) electrons. The fourth-order valence-corrected chi connectivity index (χ4v) is 1.81. The first-order chi connectivity index (χ1) is 8.69. The van der Waals surface area contributed by atoms with Crippen LogP contribution in [0.5, 0.6) is 0 Å². The molecule has 0 aliphatic carbocycles. The van der Waals surface area contributed by atoms with Crippen LogP contribution in [0.1, 0.15) is 11.1 Å². The highest BCUT2D eigenvalue weighted by molar-refractivity contribution is 6.31. The fourth-order valence-electron chi connectivity index (χ4n) is 1.63. The van der Waals surface area contributed by atoms with Crippen LogP contribution in [0.15, 0.2) is 30.6 Å². The quantitative estimate of drug-likeness (QED) is 0.873. The number of hydrogen-bond acceptors (Lipinski definition) is 3. The van der Waals surface area contributed by atoms with Crippen LogP contribution >= 0.6 is 11.6 Å². The van der Waals surface area contributed by atoms with E-state index in [1.54, 1.807) is 10.9 Å². The van der Waals surface area contributed by atoms with Crippen molar-refractivity contribution >= 4 is 17.3 Å². The van der Waals surface area contributed by atoms with Crippen molar-refractivity contribution in [2.45, 2.75) is 20.0 Å². The van der Waals surface area contributed by atoms with E-state index < -0.39 is 0 Å². The number of nitrogens with zero attached hydrogens (tertiary/aromatic N) is 2. The zero-order chi connectivity index (χ0) is 13.0. The largest absolute Gasteiger partial charge is 0.394 e. The van der Waals surface area contributed by atoms with Gasteiger partial charge in [0.1, 0.15) is 0 Å². The number of aliphatic hydroxyl groups is 1. The molecule has 0 spiro atoms. The van der Waals surface area contributed by atoms with Crippen LogP contribution in [0, 0.1) is 6.92 Å². The fraction of sp³-hybridized carbons (Fsp3) is 0.308. The summed E-state index contributed by atoms with van der Waals surface area (Å²) in [4.78, 5) is 0. The van der Waals surface area contributed by atoms with Crippen LogP contribution in [0.4, 0.5) is 5.69 Å². The van der Waals surface area contributed by atoms with Crippen molar-refractivity contribution < 1.29 is 5.11 Å². The van der Waals surface area contributed by atoms with E-state index in [0.717, 1.165) is 21.8 Å². The second-order valence-electron chi connectivity index (χ2n) is 4.15. The lowest BCUT2D eigenvalue weighted by Gasteiger charge is -2.06. The second-order valence-corrected chi connectivity index (χ2v) is 4.56. The van der Waals surface area contributed by atoms with Crippen molar-refractivity contribution in [2.24, 2.45) is 0 Å². The average molecular weight is 266 g/mol. The van der Waals surface area contributed by atoms with Crippen LogP contribution in [-0.4, -0.2) is 21.5 Å². The number of rotatable bonds is 5. The SMILES string of the molecule is Cc1ccc(NCc2cnn(CCO)c2)cc1Cl. The summed E-state index contributed by atoms with van der Waals surface area (Å²) in [6.45, 7) is 3.29. The predicted octanol–water partition coefficient (Wildman–Crippen LogP) is 2.45. The molecule has 1 aromatic heterocycles. The first-order valence-electron chi connectivity index (χ1n) is 5.81. The van der Waals surface area contributed by atoms with Gasteiger partial charge in [0, 0.05) is 29.0 Å². The molecule has 0 fully saturated rings. The van der Waals surface area contributed by atoms with Crippen LogP contribution < -0.4 is 5.32 Å². The van der Waals surface area contributed by atoms with E-state index in [1.807, 2.05) is 31.3 Å². The minimum absolute atomic E-state index is 0.0993. The highest BCUT2D eigenvalue weighted by Crippen LogP contribution is 2.20. The van der Waals surface area contributed by atoms with Gasteiger partial charge >= 0.3 is 0 Å². The minimum atomic E-state index is 0.0993. The first-order valence-corrected chi connectivity index (χ1v) is 6.19. The van der Waals surface area contributed by atoms with Gasteiger partial charge in [0.25, 0.3) is 0 Å². The normalized spacial score (nSPS) is 10.6. The molecular formula is C13H16ClN3O. The van der Waals surface area contributed by atoms with Gasteiger partial charge in [-0.25, -0.2) is 0 Å². The summed E-state index contributed by atoms with van der Waals surface area (Å²) in [5.41, 5.74) is 3.12. The van der Waals surface area contributed by atoms with Crippen molar-refractivity contribution in [3.8, 4) is 0 Å². The summed E-state index contributed by atoms with van der Waals surface area (Å²) in [6, 6.07) is 5.90. The zero-order valence-corrected chi connectivity index (χ0v) is 11.0. The van der Waals surface area contributed by atoms with Gasteiger partial charge in [0.2, 0.25) is 0 Å². The highest BCUT2D eigenvalue weighted by atomic mass is 35.5. The van der Waals surface area contributed by atoms with Gasteiger partial charge in [-0.15, -0.1) is 0 Å². The Morgan fingerprint density at radius 3 is 3.00 bits per heavy atom. The number of aliphatic hydroxyl groups excluding tert-OH is 1. The predicted molar refractivity (Wildman–Crippen MR) is 72.8 cm³/mol. The maximum atomic E-state index is 8.80. The average Bonchev–Trinajstić information content (AvgIpc) is 2.79. The third-order valence-electron chi connectivity index (χ3n) is 2.68. The van der Waals surface area contributed by atoms with Crippen molar-refractivity contribution in [1.82, 2.24) is 9.78 Å². The van der Waals surface area contributed by atoms with Gasteiger partial charge in [-0.1, -0.05) is 17.7 Å². The van der Waals surface area contributed by atoms with Gasteiger partial charge in [-0.2, -0.15) is 5.10 Å². The molecule has 5 heteroatoms.